The summed E-state index contributed by atoms with van der Waals surface area (Å²) in [5, 5.41) is 10.7. The van der Waals surface area contributed by atoms with Gasteiger partial charge in [-0.05, 0) is 74.4 Å². The molecule has 0 spiro atoms. The lowest BCUT2D eigenvalue weighted by molar-refractivity contribution is -0.142. The summed E-state index contributed by atoms with van der Waals surface area (Å²) >= 11 is 6.57. The van der Waals surface area contributed by atoms with Gasteiger partial charge in [0.15, 0.2) is 11.5 Å². The Hall–Kier alpha value is -5.19. The quantitative estimate of drug-likeness (QED) is 0.113. The summed E-state index contributed by atoms with van der Waals surface area (Å²) in [6, 6.07) is 7.35. The van der Waals surface area contributed by atoms with Crippen molar-refractivity contribution in [2.24, 2.45) is 18.7 Å². The minimum Gasteiger partial charge on any atom is -0.346 e. The molecule has 11 nitrogen and oxygen atoms in total. The number of hydrogen-bond donors (Lipinski definition) is 3. The van der Waals surface area contributed by atoms with Gasteiger partial charge in [0.1, 0.15) is 29.6 Å². The Morgan fingerprint density at radius 3 is 2.39 bits per heavy atom. The summed E-state index contributed by atoms with van der Waals surface area (Å²) in [5.74, 6) is -3.50. The molecule has 3 aromatic heterocycles. The third kappa shape index (κ3) is 7.90. The average Bonchev–Trinajstić information content (AvgIpc) is 3.61. The number of alkyl halides is 5. The van der Waals surface area contributed by atoms with Crippen molar-refractivity contribution in [3.05, 3.63) is 93.0 Å². The van der Waals surface area contributed by atoms with E-state index in [0.717, 1.165) is 18.4 Å². The van der Waals surface area contributed by atoms with Gasteiger partial charge in [0.25, 0.3) is 5.92 Å². The fourth-order valence-electron chi connectivity index (χ4n) is 7.25. The number of fused-ring (bicyclic) bond motifs is 4. The monoisotopic (exact) mass is 836 g/mol. The number of hydrogen-bond acceptors (Lipinski definition) is 7. The van der Waals surface area contributed by atoms with Crippen molar-refractivity contribution in [3.63, 3.8) is 0 Å². The maximum absolute atomic E-state index is 15.4. The number of halogens is 8. The number of rotatable bonds is 9. The third-order valence-corrected chi connectivity index (χ3v) is 10.3. The number of carbonyl (C=O) groups excluding carboxylic acids is 1. The van der Waals surface area contributed by atoms with E-state index in [-0.39, 0.29) is 57.1 Å². The van der Waals surface area contributed by atoms with Gasteiger partial charge in [-0.3, -0.25) is 18.9 Å². The number of nitrogens with two attached hydrogens (primary N) is 1. The molecule has 1 fully saturated rings. The molecule has 300 valence electrons. The van der Waals surface area contributed by atoms with E-state index in [0.29, 0.717) is 16.3 Å². The molecule has 57 heavy (non-hydrogen) atoms. The predicted molar refractivity (Wildman–Crippen MR) is 195 cm³/mol. The van der Waals surface area contributed by atoms with Gasteiger partial charge in [-0.2, -0.15) is 32.1 Å². The minimum atomic E-state index is -5.08. The van der Waals surface area contributed by atoms with Gasteiger partial charge < -0.3 is 11.1 Å². The molecule has 0 saturated heterocycles. The molecule has 2 aliphatic rings. The summed E-state index contributed by atoms with van der Waals surface area (Å²) in [6.45, 7) is 2.19. The van der Waals surface area contributed by atoms with Gasteiger partial charge in [-0.25, -0.2) is 22.2 Å². The number of aryl methyl sites for hydroxylation is 1. The highest BCUT2D eigenvalue weighted by molar-refractivity contribution is 7.92. The largest absolute Gasteiger partial charge is 0.435 e. The molecule has 0 bridgehead atoms. The molecule has 7 rings (SSSR count). The molecular formula is C37H32ClF7N8O3S. The van der Waals surface area contributed by atoms with Crippen LogP contribution >= 0.6 is 11.6 Å². The number of nitrogens with one attached hydrogen (secondary N) is 2. The van der Waals surface area contributed by atoms with Crippen molar-refractivity contribution in [1.29, 1.82) is 0 Å². The first-order valence-corrected chi connectivity index (χ1v) is 19.4. The van der Waals surface area contributed by atoms with Crippen molar-refractivity contribution in [1.82, 2.24) is 29.9 Å². The topological polar surface area (TPSA) is 150 Å². The van der Waals surface area contributed by atoms with Crippen LogP contribution in [0, 0.1) is 29.4 Å². The van der Waals surface area contributed by atoms with Gasteiger partial charge in [-0.1, -0.05) is 23.6 Å². The summed E-state index contributed by atoms with van der Waals surface area (Å²) < 4.78 is 130. The molecule has 3 heterocycles. The van der Waals surface area contributed by atoms with Crippen LogP contribution < -0.4 is 15.8 Å². The zero-order valence-electron chi connectivity index (χ0n) is 30.4. The van der Waals surface area contributed by atoms with E-state index in [1.807, 2.05) is 0 Å². The molecule has 20 heteroatoms. The number of amides is 1. The Balaban J connectivity index is 1.39. The lowest BCUT2D eigenvalue weighted by Crippen LogP contribution is -2.35. The van der Waals surface area contributed by atoms with E-state index in [2.05, 4.69) is 32.1 Å². The fraction of sp³-hybridized carbons (Fsp3) is 0.351. The first-order valence-electron chi connectivity index (χ1n) is 17.2. The Labute approximate surface area is 325 Å². The molecule has 3 atom stereocenters. The Morgan fingerprint density at radius 1 is 1.09 bits per heavy atom. The van der Waals surface area contributed by atoms with E-state index >= 15 is 8.78 Å². The summed E-state index contributed by atoms with van der Waals surface area (Å²) in [7, 11) is -2.33. The number of aromatic nitrogens is 5. The second-order valence-corrected chi connectivity index (χ2v) is 16.9. The summed E-state index contributed by atoms with van der Waals surface area (Å²) in [6.07, 6.45) is -4.69. The van der Waals surface area contributed by atoms with Gasteiger partial charge >= 0.3 is 6.18 Å². The fourth-order valence-corrected chi connectivity index (χ4v) is 7.99. The molecule has 4 N–H and O–H groups in total. The maximum Gasteiger partial charge on any atom is 0.435 e. The minimum absolute atomic E-state index is 0.00495. The molecule has 1 amide bonds. The second kappa shape index (κ2) is 13.7. The third-order valence-electron chi connectivity index (χ3n) is 9.47. The van der Waals surface area contributed by atoms with Crippen LogP contribution in [0.1, 0.15) is 66.1 Å². The molecule has 0 unspecified atom stereocenters. The van der Waals surface area contributed by atoms with Gasteiger partial charge in [0, 0.05) is 35.7 Å². The Morgan fingerprint density at radius 2 is 1.75 bits per heavy atom. The molecular weight excluding hydrogens is 805 g/mol. The van der Waals surface area contributed by atoms with Gasteiger partial charge in [-0.15, -0.1) is 0 Å². The molecule has 2 aliphatic carbocycles. The average molecular weight is 837 g/mol. The number of anilines is 1. The van der Waals surface area contributed by atoms with Crippen LogP contribution in [0.4, 0.5) is 36.6 Å². The van der Waals surface area contributed by atoms with Crippen LogP contribution in [-0.2, 0) is 46.9 Å². The van der Waals surface area contributed by atoms with Crippen molar-refractivity contribution in [2.75, 3.05) is 11.0 Å². The van der Waals surface area contributed by atoms with Crippen LogP contribution in [0.25, 0.3) is 22.0 Å². The number of nitrogens with zero attached hydrogens (tertiary/aromatic N) is 5. The molecule has 0 aliphatic heterocycles. The smallest absolute Gasteiger partial charge is 0.346 e. The van der Waals surface area contributed by atoms with E-state index in [1.165, 1.54) is 23.9 Å². The number of pyridine rings is 1. The highest BCUT2D eigenvalue weighted by Crippen LogP contribution is 2.68. The van der Waals surface area contributed by atoms with Crippen LogP contribution in [0.2, 0.25) is 5.02 Å². The SMILES string of the molecule is Cn1nc(NS(C)(=O)=O)c2c(Cl)ccc(-c3ccc(C#CC(C)(C)N)nc3[C@H](Cc3cc(F)cc(F)c3)NC(=O)Cn3nc(C(F)(F)F)c4c3C(F)(F)[C@@H]3C[C@H]43)c21. The van der Waals surface area contributed by atoms with E-state index in [1.54, 1.807) is 26.0 Å². The first kappa shape index (κ1) is 40.0. The van der Waals surface area contributed by atoms with E-state index in [4.69, 9.17) is 22.3 Å². The van der Waals surface area contributed by atoms with Crippen LogP contribution in [0.3, 0.4) is 0 Å². The second-order valence-electron chi connectivity index (χ2n) is 14.7. The highest BCUT2D eigenvalue weighted by atomic mass is 35.5. The van der Waals surface area contributed by atoms with Crippen LogP contribution in [0.5, 0.6) is 0 Å². The van der Waals surface area contributed by atoms with Gasteiger partial charge in [0.2, 0.25) is 15.9 Å². The maximum atomic E-state index is 15.4. The molecule has 2 aromatic carbocycles. The standard InChI is InChI=1S/C37H32ClF7N8O3S/c1-35(2,46)10-9-20-5-6-21(22-7-8-25(38)29-31(22)52(3)50-34(29)51-57(4,55)56)30(47-20)26(13-17-11-18(39)14-19(40)12-17)48-27(54)16-53-33-28(32(49-53)37(43,44)45)23-15-24(23)36(33,41)42/h5-8,11-12,14,23-24,26H,13,15-16,46H2,1-4H3,(H,48,54)(H,50,51)/t23-,24+,26-/m0/s1. The number of benzene rings is 2. The Kier molecular flexibility index (Phi) is 9.64. The number of sulfonamides is 1. The summed E-state index contributed by atoms with van der Waals surface area (Å²) in [4.78, 5) is 18.6. The van der Waals surface area contributed by atoms with Crippen molar-refractivity contribution >= 4 is 44.3 Å². The Bertz CT molecular complexity index is 2640. The van der Waals surface area contributed by atoms with Crippen molar-refractivity contribution in [2.45, 2.75) is 62.8 Å². The molecule has 0 radical (unpaired) electrons. The molecule has 1 saturated carbocycles. The van der Waals surface area contributed by atoms with Crippen LogP contribution in [0.15, 0.2) is 42.5 Å². The highest BCUT2D eigenvalue weighted by Gasteiger charge is 2.68. The predicted octanol–water partition coefficient (Wildman–Crippen LogP) is 6.55. The molecule has 5 aromatic rings. The van der Waals surface area contributed by atoms with E-state index < -0.39 is 86.6 Å². The lowest BCUT2D eigenvalue weighted by Gasteiger charge is -2.23. The normalized spacial score (nSPS) is 17.8. The van der Waals surface area contributed by atoms with Crippen LogP contribution in [-0.4, -0.2) is 50.7 Å². The number of carbonyl (C=O) groups is 1. The van der Waals surface area contributed by atoms with Crippen molar-refractivity contribution in [3.8, 4) is 23.0 Å². The van der Waals surface area contributed by atoms with E-state index in [9.17, 15) is 35.2 Å². The lowest BCUT2D eigenvalue weighted by atomic mass is 9.93. The van der Waals surface area contributed by atoms with Gasteiger partial charge in [0.05, 0.1) is 39.5 Å². The summed E-state index contributed by atoms with van der Waals surface area (Å²) in [5.41, 5.74) is 2.96. The zero-order chi connectivity index (χ0) is 41.6. The zero-order valence-corrected chi connectivity index (χ0v) is 31.9. The first-order chi connectivity index (χ1) is 26.4. The van der Waals surface area contributed by atoms with Crippen molar-refractivity contribution < 1.29 is 43.9 Å².